The molecule has 0 heterocycles. The highest BCUT2D eigenvalue weighted by Crippen LogP contribution is 2.04. The number of nitrogens with two attached hydrogens (primary N) is 3. The van der Waals surface area contributed by atoms with Gasteiger partial charge < -0.3 is 38.0 Å². The second-order valence-corrected chi connectivity index (χ2v) is 8.07. The Kier molecular flexibility index (Phi) is 13.0. The molecule has 0 aliphatic heterocycles. The van der Waals surface area contributed by atoms with Crippen LogP contribution in [0.5, 0.6) is 0 Å². The zero-order chi connectivity index (χ0) is 23.3. The van der Waals surface area contributed by atoms with Crippen molar-refractivity contribution in [1.29, 1.82) is 0 Å². The van der Waals surface area contributed by atoms with Crippen LogP contribution in [0.2, 0.25) is 0 Å². The molecule has 0 bridgehead atoms. The van der Waals surface area contributed by atoms with Crippen LogP contribution < -0.4 is 27.8 Å². The summed E-state index contributed by atoms with van der Waals surface area (Å²) in [5.74, 6) is -4.06. The Morgan fingerprint density at radius 3 is 2.10 bits per heavy atom. The normalized spacial score (nSPS) is 14.6. The van der Waals surface area contributed by atoms with Gasteiger partial charge in [0.05, 0.1) is 6.04 Å². The van der Waals surface area contributed by atoms with Crippen LogP contribution in [0.15, 0.2) is 4.99 Å². The average Bonchev–Trinajstić information content (AvgIpc) is 2.64. The van der Waals surface area contributed by atoms with E-state index in [4.69, 9.17) is 22.3 Å². The Morgan fingerprint density at radius 1 is 1.00 bits per heavy atom. The fourth-order valence-corrected chi connectivity index (χ4v) is 2.86. The molecule has 0 aliphatic carbocycles. The summed E-state index contributed by atoms with van der Waals surface area (Å²) in [5, 5.41) is 22.8. The Hall–Kier alpha value is -2.74. The highest BCUT2D eigenvalue weighted by Gasteiger charge is 2.28. The summed E-state index contributed by atoms with van der Waals surface area (Å²) >= 11 is 0. The van der Waals surface area contributed by atoms with E-state index in [9.17, 15) is 28.5 Å². The summed E-state index contributed by atoms with van der Waals surface area (Å²) in [7, 11) is -1.16. The van der Waals surface area contributed by atoms with E-state index in [1.54, 1.807) is 0 Å². The van der Waals surface area contributed by atoms with Gasteiger partial charge in [-0.1, -0.05) is 0 Å². The minimum Gasteiger partial charge on any atom is -0.481 e. The highest BCUT2D eigenvalue weighted by molar-refractivity contribution is 7.84. The number of aliphatic imine (C=N–C) groups is 1. The number of nitrogens with one attached hydrogen (secondary N) is 2. The van der Waals surface area contributed by atoms with Crippen molar-refractivity contribution in [2.24, 2.45) is 22.2 Å². The lowest BCUT2D eigenvalue weighted by Gasteiger charge is -2.22. The molecule has 0 fully saturated rings. The number of hydrogen-bond donors (Lipinski definition) is 7. The van der Waals surface area contributed by atoms with Gasteiger partial charge in [0, 0.05) is 35.8 Å². The van der Waals surface area contributed by atoms with Gasteiger partial charge in [-0.2, -0.15) is 0 Å². The topological polar surface area (TPSA) is 240 Å². The summed E-state index contributed by atoms with van der Waals surface area (Å²) < 4.78 is 11.1. The molecule has 0 radical (unpaired) electrons. The van der Waals surface area contributed by atoms with Crippen molar-refractivity contribution >= 4 is 40.5 Å². The number of amides is 2. The predicted octanol–water partition coefficient (Wildman–Crippen LogP) is -2.95. The third kappa shape index (κ3) is 12.7. The SMILES string of the molecule is CS(=O)CCC(N)C(=O)NC(CCC(=O)O)C(=O)NC(CCCN=C(N)N)C(=O)O. The largest absolute Gasteiger partial charge is 0.481 e. The van der Waals surface area contributed by atoms with Crippen molar-refractivity contribution < 1.29 is 33.6 Å². The summed E-state index contributed by atoms with van der Waals surface area (Å²) in [6.45, 7) is 0.162. The van der Waals surface area contributed by atoms with Crippen LogP contribution >= 0.6 is 0 Å². The number of carbonyl (C=O) groups is 4. The lowest BCUT2D eigenvalue weighted by atomic mass is 10.1. The average molecular weight is 451 g/mol. The number of rotatable bonds is 15. The summed E-state index contributed by atoms with van der Waals surface area (Å²) in [4.78, 5) is 50.7. The van der Waals surface area contributed by atoms with Crippen LogP contribution in [0.1, 0.15) is 32.1 Å². The third-order valence-corrected chi connectivity index (χ3v) is 4.70. The molecule has 13 nitrogen and oxygen atoms in total. The molecule has 2 amide bonds. The van der Waals surface area contributed by atoms with E-state index in [1.165, 1.54) is 6.26 Å². The maximum Gasteiger partial charge on any atom is 0.326 e. The number of hydrogen-bond acceptors (Lipinski definition) is 7. The van der Waals surface area contributed by atoms with Gasteiger partial charge in [-0.15, -0.1) is 0 Å². The van der Waals surface area contributed by atoms with Gasteiger partial charge in [0.25, 0.3) is 0 Å². The van der Waals surface area contributed by atoms with Gasteiger partial charge in [-0.25, -0.2) is 4.79 Å². The monoisotopic (exact) mass is 450 g/mol. The first-order valence-electron chi connectivity index (χ1n) is 9.10. The van der Waals surface area contributed by atoms with Crippen LogP contribution in [0.25, 0.3) is 0 Å². The van der Waals surface area contributed by atoms with Gasteiger partial charge in [0.1, 0.15) is 12.1 Å². The quantitative estimate of drug-likeness (QED) is 0.0760. The number of carbonyl (C=O) groups excluding carboxylic acids is 2. The Morgan fingerprint density at radius 2 is 1.60 bits per heavy atom. The molecule has 0 saturated carbocycles. The van der Waals surface area contributed by atoms with E-state index < -0.39 is 59.1 Å². The van der Waals surface area contributed by atoms with Crippen molar-refractivity contribution in [3.63, 3.8) is 0 Å². The molecule has 14 heteroatoms. The molecule has 0 aliphatic rings. The zero-order valence-electron chi connectivity index (χ0n) is 16.7. The molecule has 0 rings (SSSR count). The molecule has 0 spiro atoms. The van der Waals surface area contributed by atoms with Crippen molar-refractivity contribution in [3.8, 4) is 0 Å². The van der Waals surface area contributed by atoms with Crippen LogP contribution in [-0.4, -0.2) is 80.8 Å². The molecule has 0 aromatic heterocycles. The van der Waals surface area contributed by atoms with Crippen molar-refractivity contribution in [3.05, 3.63) is 0 Å². The van der Waals surface area contributed by atoms with Crippen molar-refractivity contribution in [2.75, 3.05) is 18.6 Å². The molecule has 0 aromatic carbocycles. The van der Waals surface area contributed by atoms with Crippen LogP contribution in [0, 0.1) is 0 Å². The number of aliphatic carboxylic acids is 2. The van der Waals surface area contributed by atoms with Crippen LogP contribution in [0.3, 0.4) is 0 Å². The molecule has 4 atom stereocenters. The first kappa shape index (κ1) is 27.3. The molecule has 10 N–H and O–H groups in total. The summed E-state index contributed by atoms with van der Waals surface area (Å²) in [6.07, 6.45) is 1.13. The Balaban J connectivity index is 5.05. The second-order valence-electron chi connectivity index (χ2n) is 6.51. The van der Waals surface area contributed by atoms with Gasteiger partial charge in [-0.05, 0) is 25.7 Å². The fourth-order valence-electron chi connectivity index (χ4n) is 2.27. The third-order valence-electron chi connectivity index (χ3n) is 3.89. The fraction of sp³-hybridized carbons (Fsp3) is 0.688. The molecule has 4 unspecified atom stereocenters. The van der Waals surface area contributed by atoms with Gasteiger partial charge >= 0.3 is 11.9 Å². The van der Waals surface area contributed by atoms with Crippen LogP contribution in [-0.2, 0) is 30.0 Å². The van der Waals surface area contributed by atoms with Crippen molar-refractivity contribution in [1.82, 2.24) is 10.6 Å². The molecular weight excluding hydrogens is 420 g/mol. The summed E-state index contributed by atoms with van der Waals surface area (Å²) in [5.41, 5.74) is 16.1. The van der Waals surface area contributed by atoms with E-state index in [1.807, 2.05) is 0 Å². The Labute approximate surface area is 176 Å². The first-order chi connectivity index (χ1) is 13.9. The lowest BCUT2D eigenvalue weighted by molar-refractivity contribution is -0.143. The van der Waals surface area contributed by atoms with Gasteiger partial charge in [0.2, 0.25) is 11.8 Å². The van der Waals surface area contributed by atoms with E-state index in [0.717, 1.165) is 0 Å². The molecular formula is C16H30N6O7S. The van der Waals surface area contributed by atoms with Gasteiger partial charge in [-0.3, -0.25) is 23.6 Å². The smallest absolute Gasteiger partial charge is 0.326 e. The maximum atomic E-state index is 12.5. The van der Waals surface area contributed by atoms with Gasteiger partial charge in [0.15, 0.2) is 5.96 Å². The zero-order valence-corrected chi connectivity index (χ0v) is 17.5. The van der Waals surface area contributed by atoms with Crippen molar-refractivity contribution in [2.45, 2.75) is 50.2 Å². The Bertz CT molecular complexity index is 668. The number of guanidine groups is 1. The minimum atomic E-state index is -1.31. The van der Waals surface area contributed by atoms with E-state index in [-0.39, 0.29) is 43.9 Å². The number of carboxylic acid groups (broad SMARTS) is 2. The molecule has 30 heavy (non-hydrogen) atoms. The molecule has 0 aromatic rings. The maximum absolute atomic E-state index is 12.5. The summed E-state index contributed by atoms with van der Waals surface area (Å²) in [6, 6.07) is -3.64. The number of carboxylic acids is 2. The van der Waals surface area contributed by atoms with E-state index in [0.29, 0.717) is 0 Å². The highest BCUT2D eigenvalue weighted by atomic mass is 32.2. The second kappa shape index (κ2) is 14.3. The number of nitrogens with zero attached hydrogens (tertiary/aromatic N) is 1. The van der Waals surface area contributed by atoms with E-state index >= 15 is 0 Å². The minimum absolute atomic E-state index is 0.0132. The van der Waals surface area contributed by atoms with Crippen LogP contribution in [0.4, 0.5) is 0 Å². The standard InChI is InChI=1S/C16H30N6O7S/c1-30(29)8-6-9(17)13(25)21-10(4-5-12(23)24)14(26)22-11(15(27)28)3-2-7-20-16(18)19/h9-11H,2-8,17H2,1H3,(H,21,25)(H,22,26)(H,23,24)(H,27,28)(H4,18,19,20). The molecule has 172 valence electrons. The molecule has 0 saturated heterocycles. The predicted molar refractivity (Wildman–Crippen MR) is 110 cm³/mol. The first-order valence-corrected chi connectivity index (χ1v) is 10.8. The van der Waals surface area contributed by atoms with E-state index in [2.05, 4.69) is 15.6 Å². The lowest BCUT2D eigenvalue weighted by Crippen LogP contribution is -2.54.